The average molecular weight is 356 g/mol. The molecule has 3 aromatic rings. The first-order chi connectivity index (χ1) is 12.2. The van der Waals surface area contributed by atoms with Crippen molar-refractivity contribution in [3.63, 3.8) is 0 Å². The molecule has 7 nitrogen and oxygen atoms in total. The van der Waals surface area contributed by atoms with E-state index in [1.807, 2.05) is 0 Å². The summed E-state index contributed by atoms with van der Waals surface area (Å²) in [6.07, 6.45) is 2.38. The molecule has 0 atom stereocenters. The molecular formula is C17H16N4O3S. The minimum Gasteiger partial charge on any atom is -0.338 e. The van der Waals surface area contributed by atoms with Crippen LogP contribution in [0.25, 0.3) is 11.4 Å². The van der Waals surface area contributed by atoms with Crippen molar-refractivity contribution < 1.29 is 9.45 Å². The fraction of sp³-hybridized carbons (Fsp3) is 0.294. The molecule has 0 aliphatic heterocycles. The molecular weight excluding hydrogens is 340 g/mol. The second-order valence-electron chi connectivity index (χ2n) is 6.03. The molecule has 0 spiro atoms. The second-order valence-corrected chi connectivity index (χ2v) is 7.07. The number of non-ortho nitro benzene ring substituents is 1. The van der Waals surface area contributed by atoms with Gasteiger partial charge in [-0.25, -0.2) is 0 Å². The molecule has 0 radical (unpaired) electrons. The summed E-state index contributed by atoms with van der Waals surface area (Å²) in [5.41, 5.74) is 0.599. The summed E-state index contributed by atoms with van der Waals surface area (Å²) in [6.45, 7) is 1.46. The van der Waals surface area contributed by atoms with E-state index in [9.17, 15) is 10.1 Å². The van der Waals surface area contributed by atoms with Gasteiger partial charge in [0, 0.05) is 35.2 Å². The summed E-state index contributed by atoms with van der Waals surface area (Å²) in [6, 6.07) is 11.0. The van der Waals surface area contributed by atoms with Crippen LogP contribution in [0.4, 0.5) is 5.69 Å². The van der Waals surface area contributed by atoms with E-state index < -0.39 is 4.92 Å². The third-order valence-electron chi connectivity index (χ3n) is 4.12. The highest BCUT2D eigenvalue weighted by molar-refractivity contribution is 7.09. The van der Waals surface area contributed by atoms with Gasteiger partial charge in [0.05, 0.1) is 11.5 Å². The molecule has 1 aromatic carbocycles. The molecule has 2 heterocycles. The van der Waals surface area contributed by atoms with Crippen molar-refractivity contribution >= 4 is 17.0 Å². The van der Waals surface area contributed by atoms with Gasteiger partial charge in [-0.1, -0.05) is 23.4 Å². The van der Waals surface area contributed by atoms with Gasteiger partial charge >= 0.3 is 0 Å². The van der Waals surface area contributed by atoms with Crippen molar-refractivity contribution in [2.45, 2.75) is 32.0 Å². The number of nitro benzene ring substituents is 1. The Morgan fingerprint density at radius 1 is 1.28 bits per heavy atom. The normalized spacial score (nSPS) is 14.1. The molecule has 0 N–H and O–H groups in total. The molecule has 1 fully saturated rings. The van der Waals surface area contributed by atoms with E-state index in [2.05, 4.69) is 32.6 Å². The maximum Gasteiger partial charge on any atom is 0.270 e. The zero-order chi connectivity index (χ0) is 17.2. The molecule has 0 bridgehead atoms. The van der Waals surface area contributed by atoms with Crippen LogP contribution in [0, 0.1) is 10.1 Å². The number of nitrogens with zero attached hydrogens (tertiary/aromatic N) is 4. The topological polar surface area (TPSA) is 85.3 Å². The smallest absolute Gasteiger partial charge is 0.270 e. The predicted octanol–water partition coefficient (Wildman–Crippen LogP) is 3.87. The van der Waals surface area contributed by atoms with Gasteiger partial charge in [-0.05, 0) is 24.3 Å². The highest BCUT2D eigenvalue weighted by atomic mass is 32.1. The number of benzene rings is 1. The zero-order valence-electron chi connectivity index (χ0n) is 13.4. The summed E-state index contributed by atoms with van der Waals surface area (Å²) in [5, 5.41) is 17.0. The Labute approximate surface area is 148 Å². The molecule has 1 aliphatic carbocycles. The van der Waals surface area contributed by atoms with Crippen molar-refractivity contribution in [2.75, 3.05) is 0 Å². The van der Waals surface area contributed by atoms with Gasteiger partial charge < -0.3 is 4.52 Å². The summed E-state index contributed by atoms with van der Waals surface area (Å²) in [5.74, 6) is 0.913. The first-order valence-corrected chi connectivity index (χ1v) is 8.91. The quantitative estimate of drug-likeness (QED) is 0.472. The lowest BCUT2D eigenvalue weighted by atomic mass is 10.2. The molecule has 0 amide bonds. The van der Waals surface area contributed by atoms with Gasteiger partial charge in [-0.2, -0.15) is 4.98 Å². The highest BCUT2D eigenvalue weighted by Gasteiger charge is 2.30. The second kappa shape index (κ2) is 6.73. The monoisotopic (exact) mass is 356 g/mol. The molecule has 1 aliphatic rings. The maximum absolute atomic E-state index is 10.9. The van der Waals surface area contributed by atoms with E-state index in [4.69, 9.17) is 4.52 Å². The van der Waals surface area contributed by atoms with E-state index in [0.717, 1.165) is 6.54 Å². The van der Waals surface area contributed by atoms with Crippen molar-refractivity contribution in [1.29, 1.82) is 0 Å². The Bertz CT molecular complexity index is 874. The highest BCUT2D eigenvalue weighted by Crippen LogP contribution is 2.31. The molecule has 25 heavy (non-hydrogen) atoms. The van der Waals surface area contributed by atoms with E-state index in [0.29, 0.717) is 29.9 Å². The molecule has 2 aromatic heterocycles. The number of rotatable bonds is 7. The van der Waals surface area contributed by atoms with E-state index in [-0.39, 0.29) is 5.69 Å². The number of aromatic nitrogens is 2. The fourth-order valence-electron chi connectivity index (χ4n) is 2.73. The van der Waals surface area contributed by atoms with E-state index >= 15 is 0 Å². The van der Waals surface area contributed by atoms with Gasteiger partial charge in [0.25, 0.3) is 5.69 Å². The maximum atomic E-state index is 10.9. The van der Waals surface area contributed by atoms with Crippen molar-refractivity contribution in [3.05, 3.63) is 62.7 Å². The van der Waals surface area contributed by atoms with Crippen LogP contribution in [0.3, 0.4) is 0 Å². The van der Waals surface area contributed by atoms with Crippen LogP contribution in [0.15, 0.2) is 46.3 Å². The van der Waals surface area contributed by atoms with Crippen LogP contribution in [0.5, 0.6) is 0 Å². The zero-order valence-corrected chi connectivity index (χ0v) is 14.2. The number of thiophene rings is 1. The molecule has 0 saturated heterocycles. The third kappa shape index (κ3) is 3.75. The largest absolute Gasteiger partial charge is 0.338 e. The Morgan fingerprint density at radius 2 is 2.16 bits per heavy atom. The van der Waals surface area contributed by atoms with Gasteiger partial charge in [0.15, 0.2) is 0 Å². The Morgan fingerprint density at radius 3 is 2.88 bits per heavy atom. The van der Waals surface area contributed by atoms with E-state index in [1.165, 1.54) is 29.9 Å². The van der Waals surface area contributed by atoms with Crippen LogP contribution in [-0.4, -0.2) is 26.0 Å². The van der Waals surface area contributed by atoms with Gasteiger partial charge in [0.2, 0.25) is 11.7 Å². The summed E-state index contributed by atoms with van der Waals surface area (Å²) in [4.78, 5) is 18.5. The lowest BCUT2D eigenvalue weighted by molar-refractivity contribution is -0.384. The fourth-order valence-corrected chi connectivity index (χ4v) is 3.45. The van der Waals surface area contributed by atoms with E-state index in [1.54, 1.807) is 23.5 Å². The minimum atomic E-state index is -0.430. The molecule has 0 unspecified atom stereocenters. The van der Waals surface area contributed by atoms with Crippen molar-refractivity contribution in [3.8, 4) is 11.4 Å². The van der Waals surface area contributed by atoms with Crippen LogP contribution < -0.4 is 0 Å². The minimum absolute atomic E-state index is 0.0150. The number of hydrogen-bond acceptors (Lipinski definition) is 7. The lowest BCUT2D eigenvalue weighted by Crippen LogP contribution is -2.24. The van der Waals surface area contributed by atoms with Crippen molar-refractivity contribution in [1.82, 2.24) is 15.0 Å². The van der Waals surface area contributed by atoms with Gasteiger partial charge in [-0.3, -0.25) is 15.0 Å². The molecule has 4 rings (SSSR count). The van der Waals surface area contributed by atoms with Gasteiger partial charge in [-0.15, -0.1) is 11.3 Å². The molecule has 8 heteroatoms. The summed E-state index contributed by atoms with van der Waals surface area (Å²) in [7, 11) is 0. The van der Waals surface area contributed by atoms with Crippen molar-refractivity contribution in [2.24, 2.45) is 0 Å². The Balaban J connectivity index is 1.50. The number of nitro groups is 1. The lowest BCUT2D eigenvalue weighted by Gasteiger charge is -2.18. The van der Waals surface area contributed by atoms with Crippen LogP contribution in [0.2, 0.25) is 0 Å². The third-order valence-corrected chi connectivity index (χ3v) is 4.99. The summed E-state index contributed by atoms with van der Waals surface area (Å²) >= 11 is 1.74. The standard InChI is InChI=1S/C17H16N4O3S/c22-21(23)14-4-1-3-12(9-14)17-18-16(24-19-17)11-20(13-6-7-13)10-15-5-2-8-25-15/h1-5,8-9,13H,6-7,10-11H2. The molecule has 1 saturated carbocycles. The SMILES string of the molecule is O=[N+]([O-])c1cccc(-c2noc(CN(Cc3cccs3)C3CC3)n2)c1. The Kier molecular flexibility index (Phi) is 4.29. The van der Waals surface area contributed by atoms with Crippen LogP contribution in [-0.2, 0) is 13.1 Å². The first kappa shape index (κ1) is 15.9. The Hall–Kier alpha value is -2.58. The average Bonchev–Trinajstić information content (AvgIpc) is 3.14. The van der Waals surface area contributed by atoms with Gasteiger partial charge in [0.1, 0.15) is 0 Å². The number of hydrogen-bond donors (Lipinski definition) is 0. The molecule has 128 valence electrons. The van der Waals surface area contributed by atoms with Crippen LogP contribution in [0.1, 0.15) is 23.6 Å². The summed E-state index contributed by atoms with van der Waals surface area (Å²) < 4.78 is 5.38. The van der Waals surface area contributed by atoms with Crippen LogP contribution >= 0.6 is 11.3 Å². The predicted molar refractivity (Wildman–Crippen MR) is 93.0 cm³/mol. The first-order valence-electron chi connectivity index (χ1n) is 8.03.